The summed E-state index contributed by atoms with van der Waals surface area (Å²) in [5.41, 5.74) is 1.37. The Morgan fingerprint density at radius 2 is 0.913 bits per heavy atom. The minimum atomic E-state index is -0.158. The lowest BCUT2D eigenvalue weighted by Crippen LogP contribution is -2.37. The molecule has 10 heteroatoms. The van der Waals surface area contributed by atoms with E-state index in [1.54, 1.807) is 0 Å². The molecule has 0 saturated heterocycles. The van der Waals surface area contributed by atoms with Gasteiger partial charge in [-0.3, -0.25) is 9.59 Å². The van der Waals surface area contributed by atoms with Gasteiger partial charge in [0.1, 0.15) is 47.8 Å². The van der Waals surface area contributed by atoms with Gasteiger partial charge >= 0.3 is 23.5 Å². The standard InChI is InChI=1S/C36H40N6O4/c1-5-7-21-41-25-23-39(3)35(41)33(43)37-27-9-13-29(14-10-27)45-31-17-19-32(20-18-31)46-30-15-11-28(12-16-30)38-34(44)36-40(4)24-26-42(36)22-8-6-2/h9-20,23-26H,5-8,21-22H2,1-4H3/p+2. The van der Waals surface area contributed by atoms with Crippen molar-refractivity contribution in [1.29, 1.82) is 0 Å². The summed E-state index contributed by atoms with van der Waals surface area (Å²) in [7, 11) is 3.75. The van der Waals surface area contributed by atoms with Gasteiger partial charge in [-0.25, -0.2) is 18.3 Å². The first-order valence-corrected chi connectivity index (χ1v) is 15.7. The maximum atomic E-state index is 13.0. The Morgan fingerprint density at radius 3 is 1.24 bits per heavy atom. The molecule has 0 unspecified atom stereocenters. The van der Waals surface area contributed by atoms with Crippen molar-refractivity contribution in [1.82, 2.24) is 9.13 Å². The van der Waals surface area contributed by atoms with Gasteiger partial charge in [-0.15, -0.1) is 0 Å². The van der Waals surface area contributed by atoms with Crippen LogP contribution in [0.1, 0.15) is 60.8 Å². The first-order valence-electron chi connectivity index (χ1n) is 15.7. The molecule has 0 saturated carbocycles. The maximum absolute atomic E-state index is 13.0. The summed E-state index contributed by atoms with van der Waals surface area (Å²) >= 11 is 0. The van der Waals surface area contributed by atoms with E-state index in [1.165, 1.54) is 0 Å². The van der Waals surface area contributed by atoms with Crippen LogP contribution in [0.2, 0.25) is 0 Å². The number of nitrogens with zero attached hydrogens (tertiary/aromatic N) is 4. The van der Waals surface area contributed by atoms with Crippen molar-refractivity contribution in [2.24, 2.45) is 14.1 Å². The molecular weight excluding hydrogens is 580 g/mol. The van der Waals surface area contributed by atoms with Gasteiger partial charge in [0.2, 0.25) is 0 Å². The van der Waals surface area contributed by atoms with Crippen LogP contribution < -0.4 is 29.2 Å². The van der Waals surface area contributed by atoms with E-state index in [9.17, 15) is 9.59 Å². The zero-order valence-electron chi connectivity index (χ0n) is 26.9. The lowest BCUT2D eigenvalue weighted by molar-refractivity contribution is -0.673. The Balaban J connectivity index is 1.13. The summed E-state index contributed by atoms with van der Waals surface area (Å²) in [4.78, 5) is 25.9. The highest BCUT2D eigenvalue weighted by molar-refractivity contribution is 6.01. The molecule has 10 nitrogen and oxygen atoms in total. The highest BCUT2D eigenvalue weighted by atomic mass is 16.5. The molecule has 0 fully saturated rings. The van der Waals surface area contributed by atoms with E-state index in [-0.39, 0.29) is 11.8 Å². The van der Waals surface area contributed by atoms with Gasteiger partial charge in [-0.05, 0) is 85.6 Å². The van der Waals surface area contributed by atoms with Crippen LogP contribution in [0.25, 0.3) is 0 Å². The van der Waals surface area contributed by atoms with Crippen molar-refractivity contribution in [2.45, 2.75) is 52.6 Å². The van der Waals surface area contributed by atoms with Crippen LogP contribution in [0.5, 0.6) is 23.0 Å². The van der Waals surface area contributed by atoms with Crippen molar-refractivity contribution >= 4 is 23.2 Å². The number of imidazole rings is 2. The molecule has 46 heavy (non-hydrogen) atoms. The molecule has 2 heterocycles. The predicted molar refractivity (Wildman–Crippen MR) is 176 cm³/mol. The number of benzene rings is 3. The van der Waals surface area contributed by atoms with E-state index in [1.807, 2.05) is 130 Å². The van der Waals surface area contributed by atoms with Gasteiger partial charge < -0.3 is 20.1 Å². The summed E-state index contributed by atoms with van der Waals surface area (Å²) in [6, 6.07) is 21.9. The Labute approximate surface area is 269 Å². The Morgan fingerprint density at radius 1 is 0.587 bits per heavy atom. The topological polar surface area (TPSA) is 94.3 Å². The molecule has 5 aromatic rings. The third-order valence-corrected chi connectivity index (χ3v) is 7.58. The Hall–Kier alpha value is -5.38. The van der Waals surface area contributed by atoms with E-state index < -0.39 is 0 Å². The average molecular weight is 623 g/mol. The number of aryl methyl sites for hydroxylation is 4. The fourth-order valence-electron chi connectivity index (χ4n) is 5.08. The van der Waals surface area contributed by atoms with E-state index in [0.29, 0.717) is 46.0 Å². The molecule has 0 bridgehead atoms. The van der Waals surface area contributed by atoms with Crippen LogP contribution in [0.15, 0.2) is 97.6 Å². The summed E-state index contributed by atoms with van der Waals surface area (Å²) in [5, 5.41) is 5.96. The third kappa shape index (κ3) is 8.01. The number of ether oxygens (including phenoxy) is 2. The van der Waals surface area contributed by atoms with Crippen molar-refractivity contribution in [3.8, 4) is 23.0 Å². The molecule has 238 valence electrons. The number of carbonyl (C=O) groups is 2. The number of hydrogen-bond acceptors (Lipinski definition) is 4. The molecule has 0 radical (unpaired) electrons. The third-order valence-electron chi connectivity index (χ3n) is 7.58. The molecule has 0 atom stereocenters. The number of hydrogen-bond donors (Lipinski definition) is 2. The molecule has 0 aliphatic rings. The van der Waals surface area contributed by atoms with Gasteiger partial charge in [0.05, 0.1) is 27.2 Å². The maximum Gasteiger partial charge on any atom is 0.348 e. The highest BCUT2D eigenvalue weighted by Gasteiger charge is 2.24. The number of carbonyl (C=O) groups excluding carboxylic acids is 2. The number of aromatic nitrogens is 4. The minimum Gasteiger partial charge on any atom is -0.457 e. The number of amides is 2. The molecule has 2 amide bonds. The van der Waals surface area contributed by atoms with E-state index in [0.717, 1.165) is 38.8 Å². The largest absolute Gasteiger partial charge is 0.457 e. The fraction of sp³-hybridized carbons (Fsp3) is 0.278. The zero-order chi connectivity index (χ0) is 32.5. The molecule has 3 aromatic carbocycles. The summed E-state index contributed by atoms with van der Waals surface area (Å²) in [6.45, 7) is 5.87. The molecule has 0 aliphatic heterocycles. The summed E-state index contributed by atoms with van der Waals surface area (Å²) < 4.78 is 19.6. The monoisotopic (exact) mass is 622 g/mol. The predicted octanol–water partition coefficient (Wildman–Crippen LogP) is 6.63. The van der Waals surface area contributed by atoms with Gasteiger partial charge in [-0.2, -0.15) is 0 Å². The van der Waals surface area contributed by atoms with Crippen molar-refractivity contribution in [3.63, 3.8) is 0 Å². The minimum absolute atomic E-state index is 0.158. The lowest BCUT2D eigenvalue weighted by Gasteiger charge is -2.10. The van der Waals surface area contributed by atoms with E-state index in [4.69, 9.17) is 9.47 Å². The smallest absolute Gasteiger partial charge is 0.348 e. The van der Waals surface area contributed by atoms with E-state index in [2.05, 4.69) is 24.5 Å². The Bertz CT molecular complexity index is 1630. The first-order chi connectivity index (χ1) is 22.3. The Kier molecular flexibility index (Phi) is 10.5. The quantitative estimate of drug-likeness (QED) is 0.136. The van der Waals surface area contributed by atoms with Crippen LogP contribution >= 0.6 is 0 Å². The van der Waals surface area contributed by atoms with Crippen molar-refractivity contribution in [2.75, 3.05) is 10.6 Å². The number of unbranched alkanes of at least 4 members (excludes halogenated alkanes) is 2. The number of anilines is 2. The molecule has 5 rings (SSSR count). The fourth-order valence-corrected chi connectivity index (χ4v) is 5.08. The highest BCUT2D eigenvalue weighted by Crippen LogP contribution is 2.28. The van der Waals surface area contributed by atoms with Crippen molar-refractivity contribution < 1.29 is 28.2 Å². The first kappa shape index (κ1) is 32.0. The van der Waals surface area contributed by atoms with Crippen LogP contribution in [-0.4, -0.2) is 20.9 Å². The SMILES string of the molecule is CCCCn1cc[n+](C)c1C(=O)Nc1ccc(Oc2ccc(Oc3ccc(NC(=O)c4n(CCCC)cc[n+]4C)cc3)cc2)cc1. The summed E-state index contributed by atoms with van der Waals surface area (Å²) in [6.07, 6.45) is 11.8. The second kappa shape index (κ2) is 15.1. The van der Waals surface area contributed by atoms with Gasteiger partial charge in [0, 0.05) is 11.4 Å². The second-order valence-corrected chi connectivity index (χ2v) is 11.2. The molecule has 2 N–H and O–H groups in total. The van der Waals surface area contributed by atoms with Crippen LogP contribution in [0, 0.1) is 0 Å². The van der Waals surface area contributed by atoms with Gasteiger partial charge in [0.15, 0.2) is 0 Å². The second-order valence-electron chi connectivity index (χ2n) is 11.2. The number of rotatable bonds is 14. The normalized spacial score (nSPS) is 10.9. The van der Waals surface area contributed by atoms with Crippen LogP contribution in [-0.2, 0) is 27.2 Å². The average Bonchev–Trinajstić information content (AvgIpc) is 3.62. The van der Waals surface area contributed by atoms with Crippen molar-refractivity contribution in [3.05, 3.63) is 109 Å². The lowest BCUT2D eigenvalue weighted by atomic mass is 10.2. The molecule has 2 aromatic heterocycles. The molecule has 0 aliphatic carbocycles. The van der Waals surface area contributed by atoms with Gasteiger partial charge in [-0.1, -0.05) is 26.7 Å². The number of nitrogens with one attached hydrogen (secondary N) is 2. The van der Waals surface area contributed by atoms with E-state index >= 15 is 0 Å². The molecular formula is C36H42N6O4+2. The molecule has 0 spiro atoms. The van der Waals surface area contributed by atoms with Crippen LogP contribution in [0.4, 0.5) is 11.4 Å². The zero-order valence-corrected chi connectivity index (χ0v) is 26.9. The van der Waals surface area contributed by atoms with Gasteiger partial charge in [0.25, 0.3) is 0 Å². The van der Waals surface area contributed by atoms with Crippen LogP contribution in [0.3, 0.4) is 0 Å². The summed E-state index contributed by atoms with van der Waals surface area (Å²) in [5.74, 6) is 3.50.